The van der Waals surface area contributed by atoms with Crippen LogP contribution in [0.2, 0.25) is 0 Å². The molecule has 6 nitrogen and oxygen atoms in total. The Hall–Kier alpha value is -3.02. The highest BCUT2D eigenvalue weighted by Crippen LogP contribution is 2.23. The molecule has 0 N–H and O–H groups in total. The van der Waals surface area contributed by atoms with E-state index < -0.39 is 5.97 Å². The van der Waals surface area contributed by atoms with Crippen molar-refractivity contribution >= 4 is 17.6 Å². The van der Waals surface area contributed by atoms with Crippen molar-refractivity contribution in [3.63, 3.8) is 0 Å². The number of rotatable bonds is 4. The van der Waals surface area contributed by atoms with Crippen LogP contribution in [0.3, 0.4) is 0 Å². The summed E-state index contributed by atoms with van der Waals surface area (Å²) in [4.78, 5) is 28.1. The van der Waals surface area contributed by atoms with Crippen molar-refractivity contribution < 1.29 is 19.1 Å². The van der Waals surface area contributed by atoms with Crippen molar-refractivity contribution in [2.75, 3.05) is 38.2 Å². The Balaban J connectivity index is 1.66. The van der Waals surface area contributed by atoms with Crippen LogP contribution >= 0.6 is 0 Å². The van der Waals surface area contributed by atoms with Crippen LogP contribution in [-0.2, 0) is 4.79 Å². The van der Waals surface area contributed by atoms with E-state index in [9.17, 15) is 9.59 Å². The van der Waals surface area contributed by atoms with Gasteiger partial charge in [-0.05, 0) is 36.4 Å². The lowest BCUT2D eigenvalue weighted by atomic mass is 10.1. The second-order valence-corrected chi connectivity index (χ2v) is 6.07. The Kier molecular flexibility index (Phi) is 5.41. The number of hydrogen-bond acceptors (Lipinski definition) is 5. The first-order chi connectivity index (χ1) is 12.6. The van der Waals surface area contributed by atoms with Crippen molar-refractivity contribution in [2.45, 2.75) is 6.92 Å². The summed E-state index contributed by atoms with van der Waals surface area (Å²) in [5.41, 5.74) is 1.53. The molecule has 3 rings (SSSR count). The zero-order valence-electron chi connectivity index (χ0n) is 15.0. The van der Waals surface area contributed by atoms with Crippen LogP contribution in [-0.4, -0.2) is 50.1 Å². The maximum Gasteiger partial charge on any atom is 0.308 e. The number of carbonyl (C=O) groups excluding carboxylic acids is 2. The molecule has 1 aliphatic rings. The molecule has 2 aromatic carbocycles. The number of piperazine rings is 1. The molecule has 0 unspecified atom stereocenters. The molecular weight excluding hydrogens is 332 g/mol. The number of ether oxygens (including phenoxy) is 2. The highest BCUT2D eigenvalue weighted by molar-refractivity contribution is 5.97. The normalized spacial score (nSPS) is 14.1. The molecule has 0 radical (unpaired) electrons. The van der Waals surface area contributed by atoms with Gasteiger partial charge in [-0.1, -0.05) is 12.1 Å². The lowest BCUT2D eigenvalue weighted by molar-refractivity contribution is -0.131. The summed E-state index contributed by atoms with van der Waals surface area (Å²) in [6.45, 7) is 4.04. The van der Waals surface area contributed by atoms with Gasteiger partial charge in [-0.15, -0.1) is 0 Å². The van der Waals surface area contributed by atoms with E-state index in [1.165, 1.54) is 6.92 Å². The van der Waals surface area contributed by atoms with Crippen LogP contribution in [0.1, 0.15) is 17.3 Å². The summed E-state index contributed by atoms with van der Waals surface area (Å²) in [6.07, 6.45) is 0. The first-order valence-corrected chi connectivity index (χ1v) is 8.54. The van der Waals surface area contributed by atoms with E-state index >= 15 is 0 Å². The third-order valence-electron chi connectivity index (χ3n) is 4.38. The van der Waals surface area contributed by atoms with E-state index in [2.05, 4.69) is 4.90 Å². The lowest BCUT2D eigenvalue weighted by Gasteiger charge is -2.36. The highest BCUT2D eigenvalue weighted by Gasteiger charge is 2.24. The SMILES string of the molecule is COc1ccc(N2CCN(C(=O)c3ccccc3OC(C)=O)CC2)cc1. The van der Waals surface area contributed by atoms with Gasteiger partial charge in [0.05, 0.1) is 12.7 Å². The molecular formula is C20H22N2O4. The Morgan fingerprint density at radius 1 is 0.923 bits per heavy atom. The quantitative estimate of drug-likeness (QED) is 0.624. The van der Waals surface area contributed by atoms with E-state index in [-0.39, 0.29) is 5.91 Å². The Morgan fingerprint density at radius 3 is 2.19 bits per heavy atom. The highest BCUT2D eigenvalue weighted by atomic mass is 16.5. The minimum atomic E-state index is -0.436. The summed E-state index contributed by atoms with van der Waals surface area (Å²) in [5.74, 6) is 0.582. The smallest absolute Gasteiger partial charge is 0.308 e. The predicted octanol–water partition coefficient (Wildman–Crippen LogP) is 2.58. The van der Waals surface area contributed by atoms with Gasteiger partial charge >= 0.3 is 5.97 Å². The molecule has 0 bridgehead atoms. The molecule has 0 aromatic heterocycles. The van der Waals surface area contributed by atoms with E-state index in [1.54, 1.807) is 36.3 Å². The number of anilines is 1. The van der Waals surface area contributed by atoms with Gasteiger partial charge < -0.3 is 19.3 Å². The first kappa shape index (κ1) is 17.8. The second-order valence-electron chi connectivity index (χ2n) is 6.07. The molecule has 0 saturated carbocycles. The average molecular weight is 354 g/mol. The van der Waals surface area contributed by atoms with Crippen LogP contribution in [0.4, 0.5) is 5.69 Å². The van der Waals surface area contributed by atoms with E-state index in [0.29, 0.717) is 24.4 Å². The van der Waals surface area contributed by atoms with Crippen molar-refractivity contribution in [3.8, 4) is 11.5 Å². The molecule has 2 aromatic rings. The molecule has 136 valence electrons. The predicted molar refractivity (Wildman–Crippen MR) is 98.9 cm³/mol. The lowest BCUT2D eigenvalue weighted by Crippen LogP contribution is -2.48. The third kappa shape index (κ3) is 3.96. The maximum atomic E-state index is 12.8. The van der Waals surface area contributed by atoms with Gasteiger partial charge in [0.1, 0.15) is 11.5 Å². The molecule has 6 heteroatoms. The van der Waals surface area contributed by atoms with Crippen LogP contribution in [0.15, 0.2) is 48.5 Å². The molecule has 0 aliphatic carbocycles. The average Bonchev–Trinajstić information content (AvgIpc) is 2.68. The number of para-hydroxylation sites is 1. The minimum Gasteiger partial charge on any atom is -0.497 e. The number of amides is 1. The molecule has 1 aliphatic heterocycles. The molecule has 0 spiro atoms. The first-order valence-electron chi connectivity index (χ1n) is 8.54. The van der Waals surface area contributed by atoms with E-state index in [1.807, 2.05) is 24.3 Å². The van der Waals surface area contributed by atoms with Gasteiger partial charge in [0, 0.05) is 38.8 Å². The standard InChI is InChI=1S/C20H22N2O4/c1-15(23)26-19-6-4-3-5-18(19)20(24)22-13-11-21(12-14-22)16-7-9-17(25-2)10-8-16/h3-10H,11-14H2,1-2H3. The van der Waals surface area contributed by atoms with Crippen LogP contribution in [0.5, 0.6) is 11.5 Å². The molecule has 1 saturated heterocycles. The molecule has 1 heterocycles. The number of methoxy groups -OCH3 is 1. The number of esters is 1. The molecule has 26 heavy (non-hydrogen) atoms. The fourth-order valence-corrected chi connectivity index (χ4v) is 3.02. The zero-order valence-corrected chi connectivity index (χ0v) is 15.0. The largest absolute Gasteiger partial charge is 0.497 e. The topological polar surface area (TPSA) is 59.1 Å². The summed E-state index contributed by atoms with van der Waals surface area (Å²) in [5, 5.41) is 0. The van der Waals surface area contributed by atoms with E-state index in [0.717, 1.165) is 24.5 Å². The fraction of sp³-hybridized carbons (Fsp3) is 0.300. The summed E-state index contributed by atoms with van der Waals surface area (Å²) < 4.78 is 10.3. The third-order valence-corrected chi connectivity index (χ3v) is 4.38. The van der Waals surface area contributed by atoms with Gasteiger partial charge in [-0.2, -0.15) is 0 Å². The van der Waals surface area contributed by atoms with Crippen LogP contribution in [0, 0.1) is 0 Å². The van der Waals surface area contributed by atoms with Crippen molar-refractivity contribution in [2.24, 2.45) is 0 Å². The van der Waals surface area contributed by atoms with Gasteiger partial charge in [0.2, 0.25) is 0 Å². The van der Waals surface area contributed by atoms with Gasteiger partial charge in [0.25, 0.3) is 5.91 Å². The van der Waals surface area contributed by atoms with Crippen LogP contribution < -0.4 is 14.4 Å². The van der Waals surface area contributed by atoms with Gasteiger partial charge in [0.15, 0.2) is 0 Å². The van der Waals surface area contributed by atoms with Crippen LogP contribution in [0.25, 0.3) is 0 Å². The van der Waals surface area contributed by atoms with Gasteiger partial charge in [-0.3, -0.25) is 9.59 Å². The monoisotopic (exact) mass is 354 g/mol. The molecule has 1 fully saturated rings. The maximum absolute atomic E-state index is 12.8. The van der Waals surface area contributed by atoms with Crippen molar-refractivity contribution in [1.29, 1.82) is 0 Å². The molecule has 0 atom stereocenters. The fourth-order valence-electron chi connectivity index (χ4n) is 3.02. The summed E-state index contributed by atoms with van der Waals surface area (Å²) >= 11 is 0. The number of nitrogens with zero attached hydrogens (tertiary/aromatic N) is 2. The number of hydrogen-bond donors (Lipinski definition) is 0. The number of carbonyl (C=O) groups is 2. The summed E-state index contributed by atoms with van der Waals surface area (Å²) in [7, 11) is 1.65. The number of benzene rings is 2. The zero-order chi connectivity index (χ0) is 18.5. The Morgan fingerprint density at radius 2 is 1.58 bits per heavy atom. The van der Waals surface area contributed by atoms with Crippen molar-refractivity contribution in [3.05, 3.63) is 54.1 Å². The second kappa shape index (κ2) is 7.91. The van der Waals surface area contributed by atoms with Crippen molar-refractivity contribution in [1.82, 2.24) is 4.90 Å². The summed E-state index contributed by atoms with van der Waals surface area (Å²) in [6, 6.07) is 14.8. The molecule has 1 amide bonds. The Bertz CT molecular complexity index is 781. The Labute approximate surface area is 152 Å². The minimum absolute atomic E-state index is 0.115. The van der Waals surface area contributed by atoms with Gasteiger partial charge in [-0.25, -0.2) is 0 Å². The van der Waals surface area contributed by atoms with E-state index in [4.69, 9.17) is 9.47 Å².